The number of ketones is 1. The normalized spacial score (nSPS) is 13.2. The fraction of sp³-hybridized carbons (Fsp3) is 0.133. The van der Waals surface area contributed by atoms with Gasteiger partial charge in [-0.25, -0.2) is 0 Å². The van der Waals surface area contributed by atoms with E-state index in [1.54, 1.807) is 6.07 Å². The standard InChI is InChI=1S/C15H13NO3/c16-7-9-1-3-10(4-2-9)11-5-12-14(18)8-19-15(12)6-13(11)17/h1-6,17H,7-8,16H2. The van der Waals surface area contributed by atoms with Crippen molar-refractivity contribution in [2.24, 2.45) is 5.73 Å². The van der Waals surface area contributed by atoms with Crippen LogP contribution >= 0.6 is 0 Å². The van der Waals surface area contributed by atoms with E-state index in [9.17, 15) is 9.90 Å². The van der Waals surface area contributed by atoms with E-state index in [-0.39, 0.29) is 18.1 Å². The number of benzene rings is 2. The zero-order valence-corrected chi connectivity index (χ0v) is 10.2. The van der Waals surface area contributed by atoms with Crippen LogP contribution in [0.15, 0.2) is 36.4 Å². The Balaban J connectivity index is 2.09. The lowest BCUT2D eigenvalue weighted by Gasteiger charge is -2.08. The van der Waals surface area contributed by atoms with Gasteiger partial charge in [-0.2, -0.15) is 0 Å². The number of Topliss-reactive ketones (excluding diaryl/α,β-unsaturated/α-hetero) is 1. The van der Waals surface area contributed by atoms with Gasteiger partial charge in [-0.05, 0) is 17.2 Å². The number of phenolic OH excluding ortho intramolecular Hbond substituents is 1. The van der Waals surface area contributed by atoms with Crippen LogP contribution in [-0.4, -0.2) is 17.5 Å². The van der Waals surface area contributed by atoms with Crippen LogP contribution in [0.5, 0.6) is 11.5 Å². The van der Waals surface area contributed by atoms with E-state index in [1.807, 2.05) is 24.3 Å². The SMILES string of the molecule is NCc1ccc(-c2cc3c(cc2O)OCC3=O)cc1. The molecule has 3 rings (SSSR count). The Hall–Kier alpha value is -2.33. The summed E-state index contributed by atoms with van der Waals surface area (Å²) < 4.78 is 5.19. The van der Waals surface area contributed by atoms with Crippen molar-refractivity contribution in [2.75, 3.05) is 6.61 Å². The van der Waals surface area contributed by atoms with Crippen molar-refractivity contribution in [1.29, 1.82) is 0 Å². The highest BCUT2D eigenvalue weighted by Crippen LogP contribution is 2.37. The minimum absolute atomic E-state index is 0.0460. The molecule has 4 nitrogen and oxygen atoms in total. The number of fused-ring (bicyclic) bond motifs is 1. The first-order chi connectivity index (χ1) is 9.19. The van der Waals surface area contributed by atoms with Crippen LogP contribution in [0.2, 0.25) is 0 Å². The molecule has 0 bridgehead atoms. The van der Waals surface area contributed by atoms with E-state index in [4.69, 9.17) is 10.5 Å². The maximum atomic E-state index is 11.6. The molecule has 0 unspecified atom stereocenters. The number of ether oxygens (including phenoxy) is 1. The number of carbonyl (C=O) groups excluding carboxylic acids is 1. The second-order valence-corrected chi connectivity index (χ2v) is 4.48. The summed E-state index contributed by atoms with van der Waals surface area (Å²) in [4.78, 5) is 11.6. The third kappa shape index (κ3) is 1.96. The first kappa shape index (κ1) is 11.7. The summed E-state index contributed by atoms with van der Waals surface area (Å²) >= 11 is 0. The molecule has 2 aromatic rings. The van der Waals surface area contributed by atoms with Crippen molar-refractivity contribution in [3.63, 3.8) is 0 Å². The fourth-order valence-electron chi connectivity index (χ4n) is 2.18. The molecule has 0 atom stereocenters. The van der Waals surface area contributed by atoms with E-state index in [0.717, 1.165) is 11.1 Å². The predicted octanol–water partition coefficient (Wildman–Crippen LogP) is 2.09. The van der Waals surface area contributed by atoms with Crippen LogP contribution in [-0.2, 0) is 6.54 Å². The molecule has 19 heavy (non-hydrogen) atoms. The molecule has 2 aromatic carbocycles. The van der Waals surface area contributed by atoms with Crippen molar-refractivity contribution in [1.82, 2.24) is 0 Å². The second kappa shape index (κ2) is 4.40. The Morgan fingerprint density at radius 3 is 2.58 bits per heavy atom. The van der Waals surface area contributed by atoms with Crippen molar-refractivity contribution in [2.45, 2.75) is 6.54 Å². The molecule has 0 aromatic heterocycles. The van der Waals surface area contributed by atoms with Gasteiger partial charge in [0.1, 0.15) is 11.5 Å². The molecule has 4 heteroatoms. The molecule has 96 valence electrons. The highest BCUT2D eigenvalue weighted by Gasteiger charge is 2.23. The molecular formula is C15H13NO3. The summed E-state index contributed by atoms with van der Waals surface area (Å²) in [5.41, 5.74) is 8.56. The molecule has 0 spiro atoms. The first-order valence-corrected chi connectivity index (χ1v) is 6.01. The van der Waals surface area contributed by atoms with Crippen molar-refractivity contribution < 1.29 is 14.6 Å². The largest absolute Gasteiger partial charge is 0.507 e. The molecule has 0 radical (unpaired) electrons. The Morgan fingerprint density at radius 2 is 1.89 bits per heavy atom. The third-order valence-corrected chi connectivity index (χ3v) is 3.26. The summed E-state index contributed by atoms with van der Waals surface area (Å²) in [6.45, 7) is 0.521. The first-order valence-electron chi connectivity index (χ1n) is 6.01. The molecule has 0 fully saturated rings. The predicted molar refractivity (Wildman–Crippen MR) is 71.3 cm³/mol. The molecule has 1 aliphatic rings. The highest BCUT2D eigenvalue weighted by molar-refractivity contribution is 6.03. The maximum absolute atomic E-state index is 11.6. The van der Waals surface area contributed by atoms with E-state index < -0.39 is 0 Å². The Labute approximate surface area is 110 Å². The van der Waals surface area contributed by atoms with Gasteiger partial charge in [0.05, 0.1) is 5.56 Å². The van der Waals surface area contributed by atoms with Gasteiger partial charge in [0, 0.05) is 18.2 Å². The number of aromatic hydroxyl groups is 1. The summed E-state index contributed by atoms with van der Waals surface area (Å²) in [5, 5.41) is 10.0. The maximum Gasteiger partial charge on any atom is 0.203 e. The number of nitrogens with two attached hydrogens (primary N) is 1. The van der Waals surface area contributed by atoms with E-state index in [0.29, 0.717) is 23.4 Å². The van der Waals surface area contributed by atoms with Crippen molar-refractivity contribution in [3.8, 4) is 22.6 Å². The van der Waals surface area contributed by atoms with Gasteiger partial charge in [-0.1, -0.05) is 24.3 Å². The lowest BCUT2D eigenvalue weighted by molar-refractivity contribution is 0.0961. The van der Waals surface area contributed by atoms with Crippen LogP contribution in [0.1, 0.15) is 15.9 Å². The molecule has 0 aliphatic carbocycles. The van der Waals surface area contributed by atoms with Crippen LogP contribution in [0, 0.1) is 0 Å². The summed E-state index contributed by atoms with van der Waals surface area (Å²) in [7, 11) is 0. The Bertz CT molecular complexity index is 647. The van der Waals surface area contributed by atoms with Crippen LogP contribution < -0.4 is 10.5 Å². The second-order valence-electron chi connectivity index (χ2n) is 4.48. The van der Waals surface area contributed by atoms with Gasteiger partial charge in [0.15, 0.2) is 6.61 Å². The summed E-state index contributed by atoms with van der Waals surface area (Å²) in [6, 6.07) is 10.7. The molecule has 0 saturated heterocycles. The van der Waals surface area contributed by atoms with Gasteiger partial charge < -0.3 is 15.6 Å². The molecule has 3 N–H and O–H groups in total. The monoisotopic (exact) mass is 255 g/mol. The molecule has 1 heterocycles. The lowest BCUT2D eigenvalue weighted by Crippen LogP contribution is -1.99. The van der Waals surface area contributed by atoms with E-state index in [2.05, 4.69) is 0 Å². The number of carbonyl (C=O) groups is 1. The topological polar surface area (TPSA) is 72.6 Å². The van der Waals surface area contributed by atoms with Gasteiger partial charge >= 0.3 is 0 Å². The number of phenols is 1. The minimum Gasteiger partial charge on any atom is -0.507 e. The molecule has 1 aliphatic heterocycles. The summed E-state index contributed by atoms with van der Waals surface area (Å²) in [5.74, 6) is 0.494. The Kier molecular flexibility index (Phi) is 2.72. The average Bonchev–Trinajstić information content (AvgIpc) is 2.79. The van der Waals surface area contributed by atoms with E-state index >= 15 is 0 Å². The number of hydrogen-bond acceptors (Lipinski definition) is 4. The minimum atomic E-state index is -0.0603. The lowest BCUT2D eigenvalue weighted by atomic mass is 9.99. The Morgan fingerprint density at radius 1 is 1.16 bits per heavy atom. The fourth-order valence-corrected chi connectivity index (χ4v) is 2.18. The van der Waals surface area contributed by atoms with Crippen molar-refractivity contribution >= 4 is 5.78 Å². The van der Waals surface area contributed by atoms with Crippen LogP contribution in [0.4, 0.5) is 0 Å². The van der Waals surface area contributed by atoms with Gasteiger partial charge in [0.2, 0.25) is 5.78 Å². The molecule has 0 amide bonds. The summed E-state index contributed by atoms with van der Waals surface area (Å²) in [6.07, 6.45) is 0. The quantitative estimate of drug-likeness (QED) is 0.861. The zero-order valence-electron chi connectivity index (χ0n) is 10.2. The van der Waals surface area contributed by atoms with Crippen LogP contribution in [0.25, 0.3) is 11.1 Å². The van der Waals surface area contributed by atoms with Gasteiger partial charge in [-0.15, -0.1) is 0 Å². The highest BCUT2D eigenvalue weighted by atomic mass is 16.5. The van der Waals surface area contributed by atoms with E-state index in [1.165, 1.54) is 6.07 Å². The van der Waals surface area contributed by atoms with Gasteiger partial charge in [0.25, 0.3) is 0 Å². The third-order valence-electron chi connectivity index (χ3n) is 3.26. The van der Waals surface area contributed by atoms with Crippen molar-refractivity contribution in [3.05, 3.63) is 47.5 Å². The zero-order chi connectivity index (χ0) is 13.4. The van der Waals surface area contributed by atoms with Gasteiger partial charge in [-0.3, -0.25) is 4.79 Å². The average molecular weight is 255 g/mol. The molecule has 0 saturated carbocycles. The van der Waals surface area contributed by atoms with Crippen LogP contribution in [0.3, 0.4) is 0 Å². The number of rotatable bonds is 2. The smallest absolute Gasteiger partial charge is 0.203 e. The number of hydrogen-bond donors (Lipinski definition) is 2. The molecular weight excluding hydrogens is 242 g/mol.